The summed E-state index contributed by atoms with van der Waals surface area (Å²) in [5, 5.41) is 8.93. The topological polar surface area (TPSA) is 66.6 Å². The van der Waals surface area contributed by atoms with Crippen molar-refractivity contribution in [3.63, 3.8) is 0 Å². The van der Waals surface area contributed by atoms with Crippen LogP contribution in [-0.2, 0) is 0 Å². The molecule has 0 saturated carbocycles. The molecule has 0 atom stereocenters. The molecule has 0 aliphatic carbocycles. The predicted molar refractivity (Wildman–Crippen MR) is 79.8 cm³/mol. The van der Waals surface area contributed by atoms with E-state index in [1.807, 2.05) is 0 Å². The third-order valence-electron chi connectivity index (χ3n) is 3.21. The second-order valence-electron chi connectivity index (χ2n) is 5.19. The van der Waals surface area contributed by atoms with E-state index in [2.05, 4.69) is 25.7 Å². The Hall–Kier alpha value is -1.71. The number of carboxylic acids is 1. The smallest absolute Gasteiger partial charge is 0.335 e. The number of carbonyl (C=O) groups is 1. The van der Waals surface area contributed by atoms with Gasteiger partial charge in [0.2, 0.25) is 0 Å². The molecule has 1 rings (SSSR count). The molecule has 106 valence electrons. The van der Waals surface area contributed by atoms with Crippen molar-refractivity contribution in [3.05, 3.63) is 23.8 Å². The van der Waals surface area contributed by atoms with E-state index in [-0.39, 0.29) is 5.56 Å². The Bertz CT molecular complexity index is 430. The van der Waals surface area contributed by atoms with Crippen molar-refractivity contribution < 1.29 is 9.90 Å². The number of nitrogens with zero attached hydrogens (tertiary/aromatic N) is 1. The SMILES string of the molecule is CCN(CCCC(C)C)c1ccc(C(=O)O)cc1N. The molecule has 0 radical (unpaired) electrons. The lowest BCUT2D eigenvalue weighted by atomic mass is 10.1. The molecule has 1 aromatic carbocycles. The summed E-state index contributed by atoms with van der Waals surface area (Å²) < 4.78 is 0. The summed E-state index contributed by atoms with van der Waals surface area (Å²) in [5.41, 5.74) is 7.66. The molecule has 0 heterocycles. The van der Waals surface area contributed by atoms with Crippen LogP contribution >= 0.6 is 0 Å². The number of nitrogen functional groups attached to an aromatic ring is 1. The number of carboxylic acid groups (broad SMARTS) is 1. The first-order valence-electron chi connectivity index (χ1n) is 6.83. The molecule has 1 aromatic rings. The maximum atomic E-state index is 10.9. The van der Waals surface area contributed by atoms with Crippen molar-refractivity contribution in [3.8, 4) is 0 Å². The lowest BCUT2D eigenvalue weighted by molar-refractivity contribution is 0.0697. The van der Waals surface area contributed by atoms with Gasteiger partial charge in [0.05, 0.1) is 16.9 Å². The second kappa shape index (κ2) is 7.02. The summed E-state index contributed by atoms with van der Waals surface area (Å²) in [6.07, 6.45) is 2.30. The standard InChI is InChI=1S/C15H24N2O2/c1-4-17(9-5-6-11(2)3)14-8-7-12(15(18)19)10-13(14)16/h7-8,10-11H,4-6,9,16H2,1-3H3,(H,18,19). The molecule has 0 aliphatic heterocycles. The minimum Gasteiger partial charge on any atom is -0.478 e. The average molecular weight is 264 g/mol. The van der Waals surface area contributed by atoms with E-state index in [0.717, 1.165) is 25.2 Å². The third-order valence-corrected chi connectivity index (χ3v) is 3.21. The molecule has 4 heteroatoms. The van der Waals surface area contributed by atoms with Gasteiger partial charge in [-0.05, 0) is 43.9 Å². The fraction of sp³-hybridized carbons (Fsp3) is 0.533. The van der Waals surface area contributed by atoms with Crippen LogP contribution in [0.25, 0.3) is 0 Å². The monoisotopic (exact) mass is 264 g/mol. The minimum absolute atomic E-state index is 0.236. The first-order chi connectivity index (χ1) is 8.95. The lowest BCUT2D eigenvalue weighted by Crippen LogP contribution is -2.25. The Kier molecular flexibility index (Phi) is 5.67. The van der Waals surface area contributed by atoms with Crippen LogP contribution in [0.4, 0.5) is 11.4 Å². The number of benzene rings is 1. The van der Waals surface area contributed by atoms with Crippen molar-refractivity contribution in [2.75, 3.05) is 23.7 Å². The van der Waals surface area contributed by atoms with Crippen molar-refractivity contribution >= 4 is 17.3 Å². The zero-order valence-electron chi connectivity index (χ0n) is 12.0. The first-order valence-corrected chi connectivity index (χ1v) is 6.83. The Labute approximate surface area is 115 Å². The number of hydrogen-bond donors (Lipinski definition) is 2. The van der Waals surface area contributed by atoms with Gasteiger partial charge in [0.15, 0.2) is 0 Å². The molecule has 19 heavy (non-hydrogen) atoms. The number of nitrogens with two attached hydrogens (primary N) is 1. The highest BCUT2D eigenvalue weighted by Crippen LogP contribution is 2.25. The van der Waals surface area contributed by atoms with Gasteiger partial charge in [0.25, 0.3) is 0 Å². The summed E-state index contributed by atoms with van der Waals surface area (Å²) in [6, 6.07) is 4.94. The summed E-state index contributed by atoms with van der Waals surface area (Å²) in [4.78, 5) is 13.1. The predicted octanol–water partition coefficient (Wildman–Crippen LogP) is 3.23. The summed E-state index contributed by atoms with van der Waals surface area (Å²) in [6.45, 7) is 8.33. The molecule has 0 unspecified atom stereocenters. The van der Waals surface area contributed by atoms with Crippen molar-refractivity contribution in [1.29, 1.82) is 0 Å². The molecule has 0 saturated heterocycles. The Morgan fingerprint density at radius 2 is 2.11 bits per heavy atom. The highest BCUT2D eigenvalue weighted by atomic mass is 16.4. The van der Waals surface area contributed by atoms with Crippen LogP contribution in [0, 0.1) is 5.92 Å². The largest absolute Gasteiger partial charge is 0.478 e. The van der Waals surface area contributed by atoms with Gasteiger partial charge in [-0.3, -0.25) is 0 Å². The van der Waals surface area contributed by atoms with Crippen molar-refractivity contribution in [1.82, 2.24) is 0 Å². The van der Waals surface area contributed by atoms with E-state index in [4.69, 9.17) is 10.8 Å². The molecule has 0 bridgehead atoms. The quantitative estimate of drug-likeness (QED) is 0.742. The second-order valence-corrected chi connectivity index (χ2v) is 5.19. The Morgan fingerprint density at radius 3 is 2.58 bits per heavy atom. The van der Waals surface area contributed by atoms with Crippen LogP contribution in [0.2, 0.25) is 0 Å². The van der Waals surface area contributed by atoms with Crippen molar-refractivity contribution in [2.45, 2.75) is 33.6 Å². The number of hydrogen-bond acceptors (Lipinski definition) is 3. The molecular formula is C15H24N2O2. The number of aromatic carboxylic acids is 1. The van der Waals surface area contributed by atoms with Gasteiger partial charge in [0.1, 0.15) is 0 Å². The molecular weight excluding hydrogens is 240 g/mol. The van der Waals surface area contributed by atoms with Gasteiger partial charge in [-0.25, -0.2) is 4.79 Å². The van der Waals surface area contributed by atoms with E-state index in [0.29, 0.717) is 11.6 Å². The average Bonchev–Trinajstić information content (AvgIpc) is 2.34. The van der Waals surface area contributed by atoms with Gasteiger partial charge >= 0.3 is 5.97 Å². The van der Waals surface area contributed by atoms with Gasteiger partial charge in [-0.15, -0.1) is 0 Å². The zero-order chi connectivity index (χ0) is 14.4. The fourth-order valence-electron chi connectivity index (χ4n) is 2.11. The molecule has 0 amide bonds. The van der Waals surface area contributed by atoms with Crippen LogP contribution in [0.3, 0.4) is 0 Å². The Morgan fingerprint density at radius 1 is 1.42 bits per heavy atom. The first kappa shape index (κ1) is 15.3. The highest BCUT2D eigenvalue weighted by molar-refractivity contribution is 5.90. The van der Waals surface area contributed by atoms with E-state index in [1.54, 1.807) is 12.1 Å². The van der Waals surface area contributed by atoms with Gasteiger partial charge in [-0.1, -0.05) is 13.8 Å². The minimum atomic E-state index is -0.943. The van der Waals surface area contributed by atoms with Gasteiger partial charge in [0, 0.05) is 13.1 Å². The summed E-state index contributed by atoms with van der Waals surface area (Å²) in [5.74, 6) is -0.244. The van der Waals surface area contributed by atoms with Crippen LogP contribution in [0.15, 0.2) is 18.2 Å². The van der Waals surface area contributed by atoms with E-state index < -0.39 is 5.97 Å². The molecule has 0 fully saturated rings. The molecule has 0 spiro atoms. The number of anilines is 2. The maximum Gasteiger partial charge on any atom is 0.335 e. The van der Waals surface area contributed by atoms with E-state index in [9.17, 15) is 4.79 Å². The fourth-order valence-corrected chi connectivity index (χ4v) is 2.11. The third kappa shape index (κ3) is 4.47. The molecule has 0 aromatic heterocycles. The molecule has 3 N–H and O–H groups in total. The van der Waals surface area contributed by atoms with E-state index >= 15 is 0 Å². The van der Waals surface area contributed by atoms with E-state index in [1.165, 1.54) is 12.5 Å². The summed E-state index contributed by atoms with van der Waals surface area (Å²) in [7, 11) is 0. The van der Waals surface area contributed by atoms with Gasteiger partial charge in [-0.2, -0.15) is 0 Å². The number of rotatable bonds is 7. The summed E-state index contributed by atoms with van der Waals surface area (Å²) >= 11 is 0. The van der Waals surface area contributed by atoms with Crippen LogP contribution < -0.4 is 10.6 Å². The maximum absolute atomic E-state index is 10.9. The normalized spacial score (nSPS) is 10.7. The molecule has 0 aliphatic rings. The van der Waals surface area contributed by atoms with Crippen LogP contribution in [0.1, 0.15) is 44.0 Å². The van der Waals surface area contributed by atoms with Crippen LogP contribution in [0.5, 0.6) is 0 Å². The highest BCUT2D eigenvalue weighted by Gasteiger charge is 2.11. The van der Waals surface area contributed by atoms with Gasteiger partial charge < -0.3 is 15.7 Å². The van der Waals surface area contributed by atoms with Crippen LogP contribution in [-0.4, -0.2) is 24.2 Å². The lowest BCUT2D eigenvalue weighted by Gasteiger charge is -2.25. The molecule has 4 nitrogen and oxygen atoms in total. The zero-order valence-corrected chi connectivity index (χ0v) is 12.0. The Balaban J connectivity index is 2.78. The van der Waals surface area contributed by atoms with Crippen molar-refractivity contribution in [2.24, 2.45) is 5.92 Å².